The highest BCUT2D eigenvalue weighted by molar-refractivity contribution is 5.75. The molecule has 0 aliphatic heterocycles. The molecule has 1 aliphatic rings. The number of nitrogens with one attached hydrogen (secondary N) is 1. The molecule has 2 nitrogen and oxygen atoms in total. The van der Waals surface area contributed by atoms with Crippen LogP contribution in [-0.4, -0.2) is 5.91 Å². The number of allylic oxidation sites excluding steroid dienone is 5. The molecule has 0 fully saturated rings. The Hall–Kier alpha value is -1.31. The van der Waals surface area contributed by atoms with E-state index in [1.54, 1.807) is 0 Å². The summed E-state index contributed by atoms with van der Waals surface area (Å²) in [4.78, 5) is 10.7. The number of hydrogen-bond donors (Lipinski definition) is 1. The summed E-state index contributed by atoms with van der Waals surface area (Å²) in [6, 6.07) is 0. The van der Waals surface area contributed by atoms with Gasteiger partial charge in [0.05, 0.1) is 0 Å². The number of carbonyl (C=O) groups is 1. The Morgan fingerprint density at radius 1 is 1.42 bits per heavy atom. The molecule has 0 unspecified atom stereocenters. The number of amides is 1. The molecule has 1 rings (SSSR count). The summed E-state index contributed by atoms with van der Waals surface area (Å²) in [7, 11) is 0. The lowest BCUT2D eigenvalue weighted by Gasteiger charge is -1.99. The molecular weight excluding hydrogens is 150 g/mol. The van der Waals surface area contributed by atoms with Crippen molar-refractivity contribution >= 4 is 5.91 Å². The van der Waals surface area contributed by atoms with Gasteiger partial charge >= 0.3 is 0 Å². The molecule has 0 radical (unpaired) electrons. The van der Waals surface area contributed by atoms with Crippen molar-refractivity contribution in [3.05, 3.63) is 35.6 Å². The van der Waals surface area contributed by atoms with Gasteiger partial charge in [-0.25, -0.2) is 0 Å². The first-order valence-electron chi connectivity index (χ1n) is 4.01. The van der Waals surface area contributed by atoms with Gasteiger partial charge in [-0.05, 0) is 19.4 Å². The van der Waals surface area contributed by atoms with Crippen molar-refractivity contribution in [2.45, 2.75) is 20.3 Å². The first-order chi connectivity index (χ1) is 5.68. The Bertz CT molecular complexity index is 272. The zero-order chi connectivity index (χ0) is 8.97. The highest BCUT2D eigenvalue weighted by Gasteiger charge is 1.96. The van der Waals surface area contributed by atoms with Gasteiger partial charge in [-0.2, -0.15) is 0 Å². The van der Waals surface area contributed by atoms with Crippen molar-refractivity contribution in [3.63, 3.8) is 0 Å². The predicted octanol–water partition coefficient (Wildman–Crippen LogP) is 1.91. The fourth-order valence-corrected chi connectivity index (χ4v) is 1.03. The molecule has 0 heterocycles. The maximum Gasteiger partial charge on any atom is 0.221 e. The second kappa shape index (κ2) is 3.90. The zero-order valence-electron chi connectivity index (χ0n) is 7.42. The van der Waals surface area contributed by atoms with Crippen molar-refractivity contribution in [1.82, 2.24) is 5.32 Å². The minimum absolute atomic E-state index is 0.0227. The van der Waals surface area contributed by atoms with Crippen molar-refractivity contribution in [3.8, 4) is 0 Å². The van der Waals surface area contributed by atoms with Gasteiger partial charge in [0.2, 0.25) is 5.91 Å². The van der Waals surface area contributed by atoms with Gasteiger partial charge < -0.3 is 5.32 Å². The molecule has 12 heavy (non-hydrogen) atoms. The van der Waals surface area contributed by atoms with Gasteiger partial charge in [-0.15, -0.1) is 0 Å². The van der Waals surface area contributed by atoms with Gasteiger partial charge in [0.25, 0.3) is 0 Å². The van der Waals surface area contributed by atoms with Crippen molar-refractivity contribution in [2.24, 2.45) is 0 Å². The first-order valence-corrected chi connectivity index (χ1v) is 4.01. The van der Waals surface area contributed by atoms with Gasteiger partial charge in [0, 0.05) is 12.6 Å². The third-order valence-corrected chi connectivity index (χ3v) is 1.62. The van der Waals surface area contributed by atoms with E-state index in [9.17, 15) is 4.79 Å². The molecule has 1 amide bonds. The van der Waals surface area contributed by atoms with Crippen LogP contribution < -0.4 is 5.32 Å². The van der Waals surface area contributed by atoms with E-state index >= 15 is 0 Å². The minimum atomic E-state index is -0.0227. The van der Waals surface area contributed by atoms with E-state index in [4.69, 9.17) is 0 Å². The maximum atomic E-state index is 10.7. The number of hydrogen-bond acceptors (Lipinski definition) is 1. The second-order valence-electron chi connectivity index (χ2n) is 2.86. The third kappa shape index (κ3) is 2.74. The van der Waals surface area contributed by atoms with Crippen LogP contribution in [0.3, 0.4) is 0 Å². The smallest absolute Gasteiger partial charge is 0.221 e. The maximum absolute atomic E-state index is 10.7. The van der Waals surface area contributed by atoms with Crippen LogP contribution in [0.2, 0.25) is 0 Å². The number of rotatable bonds is 1. The van der Waals surface area contributed by atoms with E-state index in [1.165, 1.54) is 12.5 Å². The normalized spacial score (nSPS) is 16.2. The van der Waals surface area contributed by atoms with E-state index in [0.717, 1.165) is 12.1 Å². The Morgan fingerprint density at radius 2 is 2.17 bits per heavy atom. The zero-order valence-corrected chi connectivity index (χ0v) is 7.42. The summed E-state index contributed by atoms with van der Waals surface area (Å²) in [5.74, 6) is -0.0227. The van der Waals surface area contributed by atoms with E-state index in [2.05, 4.69) is 11.4 Å². The van der Waals surface area contributed by atoms with Crippen LogP contribution in [0.5, 0.6) is 0 Å². The lowest BCUT2D eigenvalue weighted by atomic mass is 10.2. The molecule has 1 aliphatic carbocycles. The molecule has 0 atom stereocenters. The largest absolute Gasteiger partial charge is 0.327 e. The van der Waals surface area contributed by atoms with Crippen LogP contribution >= 0.6 is 0 Å². The van der Waals surface area contributed by atoms with Gasteiger partial charge in [-0.1, -0.05) is 23.8 Å². The van der Waals surface area contributed by atoms with Crippen LogP contribution in [0.1, 0.15) is 20.3 Å². The quantitative estimate of drug-likeness (QED) is 0.628. The summed E-state index contributed by atoms with van der Waals surface area (Å²) in [5, 5.41) is 2.74. The van der Waals surface area contributed by atoms with Crippen molar-refractivity contribution in [2.75, 3.05) is 0 Å². The highest BCUT2D eigenvalue weighted by Crippen LogP contribution is 2.07. The SMILES string of the molecule is CC(=O)NC1=CCC=C(C)C=C1. The fourth-order valence-electron chi connectivity index (χ4n) is 1.03. The molecule has 0 aromatic rings. The van der Waals surface area contributed by atoms with Crippen LogP contribution in [0.25, 0.3) is 0 Å². The molecule has 0 aromatic carbocycles. The van der Waals surface area contributed by atoms with Gasteiger partial charge in [0.1, 0.15) is 0 Å². The minimum Gasteiger partial charge on any atom is -0.327 e. The molecule has 0 saturated heterocycles. The summed E-state index contributed by atoms with van der Waals surface area (Å²) in [6.07, 6.45) is 8.91. The summed E-state index contributed by atoms with van der Waals surface area (Å²) in [6.45, 7) is 3.56. The Balaban J connectivity index is 2.64. The van der Waals surface area contributed by atoms with Crippen LogP contribution in [0.15, 0.2) is 35.6 Å². The van der Waals surface area contributed by atoms with E-state index in [-0.39, 0.29) is 5.91 Å². The summed E-state index contributed by atoms with van der Waals surface area (Å²) < 4.78 is 0. The van der Waals surface area contributed by atoms with E-state index < -0.39 is 0 Å². The van der Waals surface area contributed by atoms with Crippen molar-refractivity contribution < 1.29 is 4.79 Å². The highest BCUT2D eigenvalue weighted by atomic mass is 16.1. The molecule has 64 valence electrons. The average molecular weight is 163 g/mol. The van der Waals surface area contributed by atoms with Crippen LogP contribution in [0, 0.1) is 0 Å². The Kier molecular flexibility index (Phi) is 2.86. The first kappa shape index (κ1) is 8.78. The molecule has 1 N–H and O–H groups in total. The lowest BCUT2D eigenvalue weighted by Crippen LogP contribution is -2.17. The summed E-state index contributed by atoms with van der Waals surface area (Å²) in [5.41, 5.74) is 2.11. The molecule has 0 saturated carbocycles. The molecule has 0 aromatic heterocycles. The third-order valence-electron chi connectivity index (χ3n) is 1.62. The van der Waals surface area contributed by atoms with E-state index in [0.29, 0.717) is 0 Å². The topological polar surface area (TPSA) is 29.1 Å². The summed E-state index contributed by atoms with van der Waals surface area (Å²) >= 11 is 0. The molecule has 2 heteroatoms. The Morgan fingerprint density at radius 3 is 2.83 bits per heavy atom. The van der Waals surface area contributed by atoms with E-state index in [1.807, 2.05) is 25.2 Å². The number of carbonyl (C=O) groups excluding carboxylic acids is 1. The molecule has 0 bridgehead atoms. The average Bonchev–Trinajstić information content (AvgIpc) is 2.15. The predicted molar refractivity (Wildman–Crippen MR) is 49.4 cm³/mol. The standard InChI is InChI=1S/C10H13NO/c1-8-4-3-5-10(7-6-8)11-9(2)12/h4-7H,3H2,1-2H3,(H,11,12). The fraction of sp³-hybridized carbons (Fsp3) is 0.300. The van der Waals surface area contributed by atoms with Crippen molar-refractivity contribution in [1.29, 1.82) is 0 Å². The monoisotopic (exact) mass is 163 g/mol. The van der Waals surface area contributed by atoms with Gasteiger partial charge in [-0.3, -0.25) is 4.79 Å². The molecular formula is C10H13NO. The second-order valence-corrected chi connectivity index (χ2v) is 2.86. The Labute approximate surface area is 72.7 Å². The van der Waals surface area contributed by atoms with Crippen LogP contribution in [0.4, 0.5) is 0 Å². The molecule has 0 spiro atoms. The van der Waals surface area contributed by atoms with Crippen LogP contribution in [-0.2, 0) is 4.79 Å². The van der Waals surface area contributed by atoms with Gasteiger partial charge in [0.15, 0.2) is 0 Å². The lowest BCUT2D eigenvalue weighted by molar-refractivity contribution is -0.118.